The monoisotopic (exact) mass is 395 g/mol. The number of ether oxygens (including phenoxy) is 1. The molecule has 0 spiro atoms. The van der Waals surface area contributed by atoms with Gasteiger partial charge in [0, 0.05) is 11.3 Å². The molecule has 3 aromatic rings. The van der Waals surface area contributed by atoms with Crippen LogP contribution in [-0.2, 0) is 16.8 Å². The highest BCUT2D eigenvalue weighted by atomic mass is 32.2. The number of alkyl halides is 2. The summed E-state index contributed by atoms with van der Waals surface area (Å²) in [5.41, 5.74) is 7.30. The van der Waals surface area contributed by atoms with E-state index in [1.54, 1.807) is 25.1 Å². The van der Waals surface area contributed by atoms with Crippen LogP contribution in [0.25, 0.3) is 22.0 Å². The molecule has 0 fully saturated rings. The molecule has 1 atom stereocenters. The number of nitrogens with zero attached hydrogens (tertiary/aromatic N) is 2. The zero-order valence-electron chi connectivity index (χ0n) is 13.9. The maximum atomic E-state index is 12.7. The van der Waals surface area contributed by atoms with Gasteiger partial charge in [0.25, 0.3) is 5.91 Å². The first-order valence-corrected chi connectivity index (χ1v) is 8.79. The topological polar surface area (TPSA) is 134 Å². The van der Waals surface area contributed by atoms with E-state index < -0.39 is 29.5 Å². The molecule has 2 aromatic heterocycles. The molecular weight excluding hydrogens is 382 g/mol. The van der Waals surface area contributed by atoms with Crippen molar-refractivity contribution in [2.45, 2.75) is 19.3 Å². The molecule has 0 aliphatic heterocycles. The summed E-state index contributed by atoms with van der Waals surface area (Å²) in [4.78, 5) is 15.8. The van der Waals surface area contributed by atoms with E-state index in [-0.39, 0.29) is 27.9 Å². The molecule has 2 heterocycles. The lowest BCUT2D eigenvalue weighted by molar-refractivity contribution is -0.0518. The lowest BCUT2D eigenvalue weighted by Gasteiger charge is -2.13. The summed E-state index contributed by atoms with van der Waals surface area (Å²) in [6.07, 6.45) is 1.24. The lowest BCUT2D eigenvalue weighted by atomic mass is 9.96. The zero-order valence-corrected chi connectivity index (χ0v) is 14.7. The molecule has 0 saturated carbocycles. The van der Waals surface area contributed by atoms with Crippen LogP contribution < -0.4 is 10.5 Å². The van der Waals surface area contributed by atoms with Gasteiger partial charge in [0.05, 0.1) is 17.1 Å². The fourth-order valence-corrected chi connectivity index (χ4v) is 3.34. The molecule has 0 aliphatic rings. The summed E-state index contributed by atoms with van der Waals surface area (Å²) in [5, 5.41) is 6.34. The number of pyridine rings is 1. The van der Waals surface area contributed by atoms with Gasteiger partial charge in [0.2, 0.25) is 5.88 Å². The summed E-state index contributed by atoms with van der Waals surface area (Å²) >= 11 is -2.27. The summed E-state index contributed by atoms with van der Waals surface area (Å²) in [6.45, 7) is -1.43. The first-order chi connectivity index (χ1) is 12.8. The lowest BCUT2D eigenvalue weighted by Crippen LogP contribution is -2.15. The van der Waals surface area contributed by atoms with Crippen LogP contribution in [0.1, 0.15) is 21.6 Å². The van der Waals surface area contributed by atoms with Gasteiger partial charge in [-0.3, -0.25) is 14.1 Å². The van der Waals surface area contributed by atoms with E-state index in [4.69, 9.17) is 5.73 Å². The number of benzene rings is 1. The fraction of sp³-hybridized carbons (Fsp3) is 0.188. The van der Waals surface area contributed by atoms with Gasteiger partial charge in [-0.15, -0.1) is 5.10 Å². The summed E-state index contributed by atoms with van der Waals surface area (Å²) < 4.78 is 51.7. The molecule has 8 nitrogen and oxygen atoms in total. The SMILES string of the molecule is Cc1cc(-c2c(C(N)=O)ncc3[nH]nc(OC(F)F)c23)ccc1CS(=O)[O-]. The van der Waals surface area contributed by atoms with E-state index in [1.165, 1.54) is 6.20 Å². The number of amides is 1. The van der Waals surface area contributed by atoms with E-state index in [1.807, 2.05) is 0 Å². The molecule has 0 bridgehead atoms. The Morgan fingerprint density at radius 2 is 2.19 bits per heavy atom. The Morgan fingerprint density at radius 1 is 1.44 bits per heavy atom. The maximum Gasteiger partial charge on any atom is 0.388 e. The number of aryl methyl sites for hydroxylation is 1. The summed E-state index contributed by atoms with van der Waals surface area (Å²) in [6, 6.07) is 4.74. The van der Waals surface area contributed by atoms with Crippen LogP contribution in [0.3, 0.4) is 0 Å². The molecule has 27 heavy (non-hydrogen) atoms. The van der Waals surface area contributed by atoms with Crippen molar-refractivity contribution >= 4 is 27.9 Å². The number of H-pyrrole nitrogens is 1. The highest BCUT2D eigenvalue weighted by Gasteiger charge is 2.23. The first kappa shape index (κ1) is 18.9. The Labute approximate surface area is 154 Å². The minimum Gasteiger partial charge on any atom is -0.772 e. The minimum atomic E-state index is -3.12. The molecule has 142 valence electrons. The van der Waals surface area contributed by atoms with Crippen LogP contribution in [0, 0.1) is 6.92 Å². The van der Waals surface area contributed by atoms with Gasteiger partial charge in [-0.1, -0.05) is 29.3 Å². The smallest absolute Gasteiger partial charge is 0.388 e. The van der Waals surface area contributed by atoms with Crippen molar-refractivity contribution in [3.8, 4) is 17.0 Å². The zero-order chi connectivity index (χ0) is 19.7. The van der Waals surface area contributed by atoms with Gasteiger partial charge in [0.15, 0.2) is 0 Å². The van der Waals surface area contributed by atoms with Crippen LogP contribution in [0.5, 0.6) is 5.88 Å². The van der Waals surface area contributed by atoms with Crippen molar-refractivity contribution in [2.24, 2.45) is 5.73 Å². The third kappa shape index (κ3) is 3.78. The van der Waals surface area contributed by atoms with Gasteiger partial charge in [-0.2, -0.15) is 8.78 Å². The molecule has 0 radical (unpaired) electrons. The summed E-state index contributed by atoms with van der Waals surface area (Å²) in [7, 11) is 0. The third-order valence-corrected chi connectivity index (χ3v) is 4.46. The molecule has 1 unspecified atom stereocenters. The molecule has 3 N–H and O–H groups in total. The Balaban J connectivity index is 2.26. The first-order valence-electron chi connectivity index (χ1n) is 7.55. The predicted octanol–water partition coefficient (Wildman–Crippen LogP) is 2.01. The van der Waals surface area contributed by atoms with Crippen molar-refractivity contribution in [1.82, 2.24) is 15.2 Å². The molecule has 0 saturated heterocycles. The number of primary amides is 1. The van der Waals surface area contributed by atoms with Crippen molar-refractivity contribution in [1.29, 1.82) is 0 Å². The van der Waals surface area contributed by atoms with Crippen LogP contribution in [0.15, 0.2) is 24.4 Å². The van der Waals surface area contributed by atoms with Crippen molar-refractivity contribution in [3.05, 3.63) is 41.2 Å². The number of nitrogens with one attached hydrogen (secondary N) is 1. The molecule has 3 rings (SSSR count). The number of rotatable bonds is 6. The minimum absolute atomic E-state index is 0.124. The van der Waals surface area contributed by atoms with E-state index in [2.05, 4.69) is 19.9 Å². The molecule has 1 amide bonds. The number of hydrogen-bond donors (Lipinski definition) is 2. The van der Waals surface area contributed by atoms with Crippen LogP contribution >= 0.6 is 0 Å². The average Bonchev–Trinajstić information content (AvgIpc) is 2.98. The Kier molecular flexibility index (Phi) is 5.15. The van der Waals surface area contributed by atoms with Crippen molar-refractivity contribution < 1.29 is 27.1 Å². The number of fused-ring (bicyclic) bond motifs is 1. The Bertz CT molecular complexity index is 1050. The second-order valence-corrected chi connectivity index (χ2v) is 6.53. The average molecular weight is 395 g/mol. The van der Waals surface area contributed by atoms with E-state index in [0.717, 1.165) is 0 Å². The van der Waals surface area contributed by atoms with E-state index in [0.29, 0.717) is 16.7 Å². The number of hydrogen-bond acceptors (Lipinski definition) is 6. The quantitative estimate of drug-likeness (QED) is 0.613. The number of nitrogens with two attached hydrogens (primary N) is 1. The Morgan fingerprint density at radius 3 is 2.78 bits per heavy atom. The normalized spacial score (nSPS) is 12.5. The van der Waals surface area contributed by atoms with Gasteiger partial charge < -0.3 is 15.0 Å². The number of halogens is 2. The highest BCUT2D eigenvalue weighted by molar-refractivity contribution is 7.78. The van der Waals surface area contributed by atoms with Crippen molar-refractivity contribution in [2.75, 3.05) is 0 Å². The number of aromatic amines is 1. The highest BCUT2D eigenvalue weighted by Crippen LogP contribution is 2.36. The van der Waals surface area contributed by atoms with Gasteiger partial charge in [-0.05, 0) is 23.6 Å². The van der Waals surface area contributed by atoms with Crippen LogP contribution in [0.2, 0.25) is 0 Å². The summed E-state index contributed by atoms with van der Waals surface area (Å²) in [5.74, 6) is -1.44. The van der Waals surface area contributed by atoms with Crippen LogP contribution in [0.4, 0.5) is 8.78 Å². The molecule has 0 aliphatic carbocycles. The standard InChI is InChI=1S/C16H14F2N4O4S/c1-7-4-8(2-3-9(7)6-27(24)25)11-12-10(5-20-13(11)14(19)23)21-22-15(12)26-16(17)18/h2-5,16H,6H2,1H3,(H2,19,23)(H,21,22)(H,24,25)/p-1. The predicted molar refractivity (Wildman–Crippen MR) is 91.8 cm³/mol. The second-order valence-electron chi connectivity index (χ2n) is 5.63. The van der Waals surface area contributed by atoms with E-state index in [9.17, 15) is 22.3 Å². The number of carbonyl (C=O) groups is 1. The maximum absolute atomic E-state index is 12.7. The largest absolute Gasteiger partial charge is 0.772 e. The van der Waals surface area contributed by atoms with Crippen molar-refractivity contribution in [3.63, 3.8) is 0 Å². The van der Waals surface area contributed by atoms with E-state index >= 15 is 0 Å². The number of carbonyl (C=O) groups excluding carboxylic acids is 1. The molecular formula is C16H13F2N4O4S-. The second kappa shape index (κ2) is 7.37. The molecule has 11 heteroatoms. The number of aromatic nitrogens is 3. The Hall–Kier alpha value is -2.92. The third-order valence-electron chi connectivity index (χ3n) is 3.91. The van der Waals surface area contributed by atoms with Gasteiger partial charge in [0.1, 0.15) is 5.69 Å². The van der Waals surface area contributed by atoms with Crippen LogP contribution in [-0.4, -0.2) is 36.5 Å². The fourth-order valence-electron chi connectivity index (χ4n) is 2.76. The molecule has 1 aromatic carbocycles. The van der Waals surface area contributed by atoms with Gasteiger partial charge in [-0.25, -0.2) is 4.98 Å². The van der Waals surface area contributed by atoms with Gasteiger partial charge >= 0.3 is 6.61 Å².